The van der Waals surface area contributed by atoms with Crippen molar-refractivity contribution in [3.05, 3.63) is 78.4 Å². The molecule has 0 saturated carbocycles. The van der Waals surface area contributed by atoms with Gasteiger partial charge in [-0.2, -0.15) is 11.8 Å². The molecule has 0 spiro atoms. The largest absolute Gasteiger partial charge is 0.465 e. The molecule has 13 heteroatoms. The number of esters is 2. The second kappa shape index (κ2) is 9.93. The van der Waals surface area contributed by atoms with E-state index in [4.69, 9.17) is 0 Å². The third-order valence-corrected chi connectivity index (χ3v) is 5.08. The van der Waals surface area contributed by atoms with Gasteiger partial charge in [0.05, 0.1) is 24.1 Å². The average Bonchev–Trinajstić information content (AvgIpc) is 2.73. The van der Waals surface area contributed by atoms with Crippen LogP contribution in [-0.2, 0) is 21.0 Å². The minimum Gasteiger partial charge on any atom is -0.465 e. The molecule has 0 bridgehead atoms. The highest BCUT2D eigenvalue weighted by molar-refractivity contribution is 7.97. The van der Waals surface area contributed by atoms with Crippen LogP contribution in [0.5, 0.6) is 0 Å². The lowest BCUT2D eigenvalue weighted by molar-refractivity contribution is -0.385. The summed E-state index contributed by atoms with van der Waals surface area (Å²) in [5, 5.41) is 22.4. The Morgan fingerprint density at radius 3 is 1.48 bits per heavy atom. The Labute approximate surface area is 177 Å². The third kappa shape index (κ3) is 5.31. The summed E-state index contributed by atoms with van der Waals surface area (Å²) in [6.07, 6.45) is 0. The van der Waals surface area contributed by atoms with E-state index in [2.05, 4.69) is 9.47 Å². The van der Waals surface area contributed by atoms with Gasteiger partial charge < -0.3 is 9.47 Å². The molecular formula is C18H14F2N2O8S. The summed E-state index contributed by atoms with van der Waals surface area (Å²) in [6, 6.07) is 3.09. The first-order valence-electron chi connectivity index (χ1n) is 8.28. The number of ether oxygens (including phenoxy) is 2. The maximum absolute atomic E-state index is 14.3. The van der Waals surface area contributed by atoms with E-state index in [1.54, 1.807) is 0 Å². The van der Waals surface area contributed by atoms with E-state index in [-0.39, 0.29) is 22.6 Å². The zero-order valence-electron chi connectivity index (χ0n) is 16.0. The van der Waals surface area contributed by atoms with Gasteiger partial charge in [-0.15, -0.1) is 0 Å². The lowest BCUT2D eigenvalue weighted by Gasteiger charge is -2.08. The first kappa shape index (κ1) is 23.7. The summed E-state index contributed by atoms with van der Waals surface area (Å²) in [7, 11) is 1.99. The zero-order valence-corrected chi connectivity index (χ0v) is 16.9. The number of nitro groups is 2. The van der Waals surface area contributed by atoms with Crippen molar-refractivity contribution in [1.82, 2.24) is 0 Å². The standard InChI is InChI=1S/C18H14F2N2O8S/c1-29-17(23)11-5-13(19)9(3-15(11)21(25)26)7-31-8-10-4-16(22(27)28)12(6-14(10)20)18(24)30-2/h3-6H,7-8H2,1-2H3. The van der Waals surface area contributed by atoms with Gasteiger partial charge in [0.15, 0.2) is 0 Å². The number of methoxy groups -OCH3 is 2. The fourth-order valence-corrected chi connectivity index (χ4v) is 3.54. The maximum atomic E-state index is 14.3. The van der Waals surface area contributed by atoms with Crippen LogP contribution in [0.1, 0.15) is 31.8 Å². The number of rotatable bonds is 8. The number of nitrogens with zero attached hydrogens (tertiary/aromatic N) is 2. The van der Waals surface area contributed by atoms with E-state index in [0.29, 0.717) is 12.1 Å². The smallest absolute Gasteiger partial charge is 0.344 e. The van der Waals surface area contributed by atoms with Gasteiger partial charge in [0.25, 0.3) is 11.4 Å². The number of hydrogen-bond acceptors (Lipinski definition) is 9. The van der Waals surface area contributed by atoms with Gasteiger partial charge in [-0.25, -0.2) is 18.4 Å². The van der Waals surface area contributed by atoms with Crippen molar-refractivity contribution in [2.75, 3.05) is 14.2 Å². The molecule has 0 unspecified atom stereocenters. The monoisotopic (exact) mass is 456 g/mol. The van der Waals surface area contributed by atoms with Gasteiger partial charge in [-0.3, -0.25) is 20.2 Å². The van der Waals surface area contributed by atoms with Crippen molar-refractivity contribution < 1.29 is 37.7 Å². The molecule has 2 rings (SSSR count). The van der Waals surface area contributed by atoms with Gasteiger partial charge >= 0.3 is 11.9 Å². The van der Waals surface area contributed by atoms with Gasteiger partial charge in [-0.1, -0.05) is 0 Å². The molecule has 0 aliphatic rings. The first-order valence-corrected chi connectivity index (χ1v) is 9.44. The Bertz CT molecular complexity index is 994. The quantitative estimate of drug-likeness (QED) is 0.330. The fourth-order valence-electron chi connectivity index (χ4n) is 2.55. The highest BCUT2D eigenvalue weighted by Gasteiger charge is 2.26. The van der Waals surface area contributed by atoms with E-state index in [9.17, 15) is 38.6 Å². The molecule has 0 radical (unpaired) electrons. The predicted molar refractivity (Wildman–Crippen MR) is 104 cm³/mol. The summed E-state index contributed by atoms with van der Waals surface area (Å²) >= 11 is 0.911. The molecule has 31 heavy (non-hydrogen) atoms. The van der Waals surface area contributed by atoms with Crippen LogP contribution >= 0.6 is 11.8 Å². The predicted octanol–water partition coefficient (Wildman–Crippen LogP) is 3.79. The normalized spacial score (nSPS) is 10.5. The molecule has 0 atom stereocenters. The molecule has 2 aromatic carbocycles. The molecule has 0 aliphatic heterocycles. The number of benzene rings is 2. The minimum atomic E-state index is -1.08. The molecule has 164 valence electrons. The lowest BCUT2D eigenvalue weighted by atomic mass is 10.1. The number of hydrogen-bond donors (Lipinski definition) is 0. The molecule has 0 fully saturated rings. The summed E-state index contributed by atoms with van der Waals surface area (Å²) < 4.78 is 37.4. The van der Waals surface area contributed by atoms with Crippen molar-refractivity contribution >= 4 is 35.1 Å². The van der Waals surface area contributed by atoms with Crippen molar-refractivity contribution in [2.45, 2.75) is 11.5 Å². The van der Waals surface area contributed by atoms with Crippen LogP contribution in [0, 0.1) is 31.9 Å². The van der Waals surface area contributed by atoms with Crippen LogP contribution in [0.3, 0.4) is 0 Å². The van der Waals surface area contributed by atoms with E-state index in [1.807, 2.05) is 0 Å². The molecule has 0 N–H and O–H groups in total. The molecular weight excluding hydrogens is 442 g/mol. The molecule has 2 aromatic rings. The maximum Gasteiger partial charge on any atom is 0.344 e. The van der Waals surface area contributed by atoms with Crippen LogP contribution in [0.4, 0.5) is 20.2 Å². The number of nitro benzene ring substituents is 2. The number of halogens is 2. The van der Waals surface area contributed by atoms with Crippen molar-refractivity contribution in [1.29, 1.82) is 0 Å². The minimum absolute atomic E-state index is 0.134. The Balaban J connectivity index is 2.27. The van der Waals surface area contributed by atoms with Crippen molar-refractivity contribution in [2.24, 2.45) is 0 Å². The van der Waals surface area contributed by atoms with Crippen LogP contribution in [-0.4, -0.2) is 36.0 Å². The van der Waals surface area contributed by atoms with Gasteiger partial charge in [0.2, 0.25) is 0 Å². The van der Waals surface area contributed by atoms with Crippen LogP contribution in [0.2, 0.25) is 0 Å². The third-order valence-electron chi connectivity index (χ3n) is 4.05. The summed E-state index contributed by atoms with van der Waals surface area (Å²) in [6.45, 7) is 0. The first-order chi connectivity index (χ1) is 14.6. The summed E-state index contributed by atoms with van der Waals surface area (Å²) in [5.41, 5.74) is -2.70. The fraction of sp³-hybridized carbons (Fsp3) is 0.222. The van der Waals surface area contributed by atoms with E-state index < -0.39 is 55.9 Å². The average molecular weight is 456 g/mol. The van der Waals surface area contributed by atoms with Gasteiger partial charge in [0, 0.05) is 34.8 Å². The van der Waals surface area contributed by atoms with Crippen molar-refractivity contribution in [3.8, 4) is 0 Å². The Kier molecular flexibility index (Phi) is 7.58. The van der Waals surface area contributed by atoms with E-state index in [0.717, 1.165) is 38.1 Å². The number of carbonyl (C=O) groups is 2. The molecule has 0 amide bonds. The van der Waals surface area contributed by atoms with Crippen LogP contribution in [0.25, 0.3) is 0 Å². The molecule has 0 aliphatic carbocycles. The Morgan fingerprint density at radius 1 is 0.839 bits per heavy atom. The lowest BCUT2D eigenvalue weighted by Crippen LogP contribution is -2.08. The Morgan fingerprint density at radius 2 is 1.19 bits per heavy atom. The molecule has 10 nitrogen and oxygen atoms in total. The SMILES string of the molecule is COC(=O)c1cc(F)c(CSCc2cc([N+](=O)[O-])c(C(=O)OC)cc2F)cc1[N+](=O)[O-]. The zero-order chi connectivity index (χ0) is 23.3. The van der Waals surface area contributed by atoms with E-state index in [1.165, 1.54) is 0 Å². The second-order valence-electron chi connectivity index (χ2n) is 5.91. The highest BCUT2D eigenvalue weighted by atomic mass is 32.2. The number of carbonyl (C=O) groups excluding carboxylic acids is 2. The van der Waals surface area contributed by atoms with Crippen molar-refractivity contribution in [3.63, 3.8) is 0 Å². The molecule has 0 saturated heterocycles. The summed E-state index contributed by atoms with van der Waals surface area (Å²) in [5.74, 6) is -4.31. The van der Waals surface area contributed by atoms with Crippen LogP contribution < -0.4 is 0 Å². The summed E-state index contributed by atoms with van der Waals surface area (Å²) in [4.78, 5) is 43.8. The number of thioether (sulfide) groups is 1. The highest BCUT2D eigenvalue weighted by Crippen LogP contribution is 2.30. The van der Waals surface area contributed by atoms with Crippen LogP contribution in [0.15, 0.2) is 24.3 Å². The molecule has 0 heterocycles. The topological polar surface area (TPSA) is 139 Å². The van der Waals surface area contributed by atoms with Gasteiger partial charge in [0.1, 0.15) is 22.8 Å². The second-order valence-corrected chi connectivity index (χ2v) is 6.90. The Hall–Kier alpha value is -3.61. The van der Waals surface area contributed by atoms with E-state index >= 15 is 0 Å². The van der Waals surface area contributed by atoms with Gasteiger partial charge in [-0.05, 0) is 12.1 Å². The molecule has 0 aromatic heterocycles.